The Kier molecular flexibility index (Phi) is 2.42. The molecule has 0 aliphatic heterocycles. The Hall–Kier alpha value is -0.670. The summed E-state index contributed by atoms with van der Waals surface area (Å²) < 4.78 is 0.756. The number of nitrogens with one attached hydrogen (secondary N) is 1. The summed E-state index contributed by atoms with van der Waals surface area (Å²) in [5.74, 6) is 0. The van der Waals surface area contributed by atoms with Gasteiger partial charge in [0.25, 0.3) is 0 Å². The molecule has 2 nitrogen and oxygen atoms in total. The summed E-state index contributed by atoms with van der Waals surface area (Å²) in [6.07, 6.45) is 0. The lowest BCUT2D eigenvalue weighted by molar-refractivity contribution is 0.798. The van der Waals surface area contributed by atoms with Crippen molar-refractivity contribution in [2.24, 2.45) is 5.73 Å². The van der Waals surface area contributed by atoms with Crippen LogP contribution in [0.4, 0.5) is 0 Å². The normalized spacial score (nSPS) is 13.0. The fourth-order valence-electron chi connectivity index (χ4n) is 1.08. The number of pyridine rings is 1. The first-order chi connectivity index (χ1) is 5.11. The minimum absolute atomic E-state index is 0.0712. The Bertz CT molecular complexity index is 301. The van der Waals surface area contributed by atoms with E-state index in [4.69, 9.17) is 18.0 Å². The van der Waals surface area contributed by atoms with Gasteiger partial charge in [-0.2, -0.15) is 0 Å². The third-order valence-electron chi connectivity index (χ3n) is 1.65. The van der Waals surface area contributed by atoms with Gasteiger partial charge in [0.2, 0.25) is 0 Å². The van der Waals surface area contributed by atoms with Crippen molar-refractivity contribution in [3.8, 4) is 0 Å². The van der Waals surface area contributed by atoms with Crippen molar-refractivity contribution in [3.05, 3.63) is 28.0 Å². The largest absolute Gasteiger partial charge is 0.350 e. The second-order valence-corrected chi connectivity index (χ2v) is 3.13. The molecule has 0 aliphatic rings. The van der Waals surface area contributed by atoms with E-state index in [9.17, 15) is 0 Å². The van der Waals surface area contributed by atoms with Crippen LogP contribution in [0.2, 0.25) is 0 Å². The topological polar surface area (TPSA) is 41.8 Å². The number of aryl methyl sites for hydroxylation is 1. The lowest BCUT2D eigenvalue weighted by atomic mass is 10.1. The summed E-state index contributed by atoms with van der Waals surface area (Å²) in [5.41, 5.74) is 7.90. The van der Waals surface area contributed by atoms with Crippen LogP contribution in [-0.4, -0.2) is 4.98 Å². The van der Waals surface area contributed by atoms with Crippen molar-refractivity contribution >= 4 is 12.2 Å². The molecule has 0 saturated heterocycles. The molecule has 1 aromatic rings. The molecule has 1 rings (SSSR count). The van der Waals surface area contributed by atoms with E-state index in [-0.39, 0.29) is 6.04 Å². The van der Waals surface area contributed by atoms with Crippen LogP contribution in [0.25, 0.3) is 0 Å². The van der Waals surface area contributed by atoms with Crippen LogP contribution in [0.5, 0.6) is 0 Å². The third-order valence-corrected chi connectivity index (χ3v) is 1.89. The highest BCUT2D eigenvalue weighted by Gasteiger charge is 2.01. The molecule has 0 bridgehead atoms. The number of aromatic nitrogens is 1. The van der Waals surface area contributed by atoms with Gasteiger partial charge in [-0.25, -0.2) is 0 Å². The van der Waals surface area contributed by atoms with Crippen LogP contribution in [0, 0.1) is 11.6 Å². The Morgan fingerprint density at radius 2 is 2.18 bits per heavy atom. The van der Waals surface area contributed by atoms with Gasteiger partial charge in [0, 0.05) is 11.7 Å². The van der Waals surface area contributed by atoms with Crippen molar-refractivity contribution < 1.29 is 0 Å². The molecular formula is C8H12N2S. The van der Waals surface area contributed by atoms with Crippen molar-refractivity contribution in [2.45, 2.75) is 19.9 Å². The lowest BCUT2D eigenvalue weighted by Gasteiger charge is -2.08. The van der Waals surface area contributed by atoms with E-state index in [0.717, 1.165) is 15.9 Å². The second kappa shape index (κ2) is 3.15. The molecule has 0 saturated carbocycles. The van der Waals surface area contributed by atoms with E-state index in [2.05, 4.69) is 4.98 Å². The Morgan fingerprint density at radius 3 is 2.64 bits per heavy atom. The molecule has 0 aromatic carbocycles. The molecule has 1 heterocycles. The van der Waals surface area contributed by atoms with E-state index in [0.29, 0.717) is 0 Å². The second-order valence-electron chi connectivity index (χ2n) is 2.69. The van der Waals surface area contributed by atoms with Crippen LogP contribution in [0.1, 0.15) is 24.2 Å². The predicted molar refractivity (Wildman–Crippen MR) is 49.0 cm³/mol. The van der Waals surface area contributed by atoms with Crippen LogP contribution in [-0.2, 0) is 0 Å². The monoisotopic (exact) mass is 168 g/mol. The Morgan fingerprint density at radius 1 is 1.55 bits per heavy atom. The maximum Gasteiger partial charge on any atom is 0.103 e. The molecule has 0 aliphatic carbocycles. The molecular weight excluding hydrogens is 156 g/mol. The minimum atomic E-state index is 0.0712. The fourth-order valence-corrected chi connectivity index (χ4v) is 1.30. The Labute approximate surface area is 71.4 Å². The van der Waals surface area contributed by atoms with E-state index in [1.54, 1.807) is 0 Å². The molecule has 0 spiro atoms. The summed E-state index contributed by atoms with van der Waals surface area (Å²) in [4.78, 5) is 3.05. The summed E-state index contributed by atoms with van der Waals surface area (Å²) in [7, 11) is 0. The van der Waals surface area contributed by atoms with Gasteiger partial charge in [-0.3, -0.25) is 0 Å². The molecule has 0 amide bonds. The summed E-state index contributed by atoms with van der Waals surface area (Å²) in [6.45, 7) is 3.94. The molecule has 3 N–H and O–H groups in total. The van der Waals surface area contributed by atoms with Crippen molar-refractivity contribution in [3.63, 3.8) is 0 Å². The van der Waals surface area contributed by atoms with Gasteiger partial charge in [0.15, 0.2) is 0 Å². The molecule has 3 heteroatoms. The minimum Gasteiger partial charge on any atom is -0.350 e. The molecule has 11 heavy (non-hydrogen) atoms. The van der Waals surface area contributed by atoms with Crippen molar-refractivity contribution in [1.82, 2.24) is 4.98 Å². The SMILES string of the molecule is Cc1[nH]c(=S)ccc1[C@H](C)N. The average Bonchev–Trinajstić information content (AvgIpc) is 1.85. The zero-order valence-electron chi connectivity index (χ0n) is 6.72. The number of H-pyrrole nitrogens is 1. The van der Waals surface area contributed by atoms with Gasteiger partial charge in [0.05, 0.1) is 0 Å². The highest BCUT2D eigenvalue weighted by molar-refractivity contribution is 7.71. The first-order valence-corrected chi connectivity index (χ1v) is 3.97. The summed E-state index contributed by atoms with van der Waals surface area (Å²) >= 11 is 4.95. The van der Waals surface area contributed by atoms with Gasteiger partial charge in [-0.15, -0.1) is 0 Å². The van der Waals surface area contributed by atoms with Gasteiger partial charge in [-0.1, -0.05) is 18.3 Å². The first kappa shape index (κ1) is 8.43. The van der Waals surface area contributed by atoms with E-state index in [1.807, 2.05) is 26.0 Å². The zero-order valence-corrected chi connectivity index (χ0v) is 7.53. The van der Waals surface area contributed by atoms with Crippen LogP contribution < -0.4 is 5.73 Å². The quantitative estimate of drug-likeness (QED) is 0.630. The van der Waals surface area contributed by atoms with E-state index < -0.39 is 0 Å². The van der Waals surface area contributed by atoms with Gasteiger partial charge in [-0.05, 0) is 25.5 Å². The first-order valence-electron chi connectivity index (χ1n) is 3.56. The molecule has 1 atom stereocenters. The molecule has 60 valence electrons. The van der Waals surface area contributed by atoms with Crippen LogP contribution in [0.15, 0.2) is 12.1 Å². The van der Waals surface area contributed by atoms with Crippen molar-refractivity contribution in [1.29, 1.82) is 0 Å². The van der Waals surface area contributed by atoms with E-state index >= 15 is 0 Å². The summed E-state index contributed by atoms with van der Waals surface area (Å²) in [6, 6.07) is 3.90. The smallest absolute Gasteiger partial charge is 0.103 e. The average molecular weight is 168 g/mol. The molecule has 1 aromatic heterocycles. The lowest BCUT2D eigenvalue weighted by Crippen LogP contribution is -2.07. The molecule has 0 fully saturated rings. The van der Waals surface area contributed by atoms with Gasteiger partial charge in [0.1, 0.15) is 4.64 Å². The standard InChI is InChI=1S/C8H12N2S/c1-5(9)7-3-4-8(11)10-6(7)2/h3-5H,9H2,1-2H3,(H,10,11)/t5-/m0/s1. The van der Waals surface area contributed by atoms with Crippen molar-refractivity contribution in [2.75, 3.05) is 0 Å². The Balaban J connectivity index is 3.20. The maximum atomic E-state index is 5.71. The predicted octanol–water partition coefficient (Wildman–Crippen LogP) is 2.07. The number of aromatic amines is 1. The molecule has 0 unspecified atom stereocenters. The van der Waals surface area contributed by atoms with Gasteiger partial charge >= 0.3 is 0 Å². The van der Waals surface area contributed by atoms with Gasteiger partial charge < -0.3 is 10.7 Å². The van der Waals surface area contributed by atoms with Crippen LogP contribution >= 0.6 is 12.2 Å². The third kappa shape index (κ3) is 1.88. The zero-order chi connectivity index (χ0) is 8.43. The maximum absolute atomic E-state index is 5.71. The van der Waals surface area contributed by atoms with E-state index in [1.165, 1.54) is 0 Å². The molecule has 0 radical (unpaired) electrons. The highest BCUT2D eigenvalue weighted by Crippen LogP contribution is 2.11. The number of hydrogen-bond donors (Lipinski definition) is 2. The number of hydrogen-bond acceptors (Lipinski definition) is 2. The highest BCUT2D eigenvalue weighted by atomic mass is 32.1. The number of nitrogens with two attached hydrogens (primary N) is 1. The summed E-state index contributed by atoms with van der Waals surface area (Å²) in [5, 5.41) is 0. The number of rotatable bonds is 1. The van der Waals surface area contributed by atoms with Crippen LogP contribution in [0.3, 0.4) is 0 Å². The fraction of sp³-hybridized carbons (Fsp3) is 0.375.